The fraction of sp³-hybridized carbons (Fsp3) is 0.667. The van der Waals surface area contributed by atoms with Crippen molar-refractivity contribution in [1.29, 1.82) is 0 Å². The van der Waals surface area contributed by atoms with Gasteiger partial charge in [-0.05, 0) is 38.9 Å². The van der Waals surface area contributed by atoms with Gasteiger partial charge in [0.1, 0.15) is 0 Å². The Morgan fingerprint density at radius 2 is 2.05 bits per heavy atom. The zero-order valence-corrected chi connectivity index (χ0v) is 12.2. The molecule has 0 amide bonds. The molecule has 0 bridgehead atoms. The molecule has 1 saturated heterocycles. The third-order valence-corrected chi connectivity index (χ3v) is 3.78. The summed E-state index contributed by atoms with van der Waals surface area (Å²) >= 11 is 0. The molecule has 1 unspecified atom stereocenters. The Hall–Kier alpha value is -1.29. The van der Waals surface area contributed by atoms with Crippen molar-refractivity contribution in [2.45, 2.75) is 38.6 Å². The van der Waals surface area contributed by atoms with Crippen LogP contribution in [0.15, 0.2) is 18.5 Å². The molecule has 1 fully saturated rings. The van der Waals surface area contributed by atoms with E-state index in [1.54, 1.807) is 0 Å². The molecule has 1 aromatic heterocycles. The second kappa shape index (κ2) is 7.34. The lowest BCUT2D eigenvalue weighted by Crippen LogP contribution is -2.40. The highest BCUT2D eigenvalue weighted by atomic mass is 15.2. The first-order chi connectivity index (χ1) is 9.29. The van der Waals surface area contributed by atoms with E-state index < -0.39 is 0 Å². The van der Waals surface area contributed by atoms with Crippen molar-refractivity contribution in [1.82, 2.24) is 9.88 Å². The standard InChI is InChI=1S/C15H26N4/c1-3-7-17-13-9-14(11-16-10-13)18-12-15-6-4-5-8-19(15)2/h9-11,15,17-18H,3-8,12H2,1-2H3. The lowest BCUT2D eigenvalue weighted by Gasteiger charge is -2.32. The Morgan fingerprint density at radius 3 is 2.79 bits per heavy atom. The van der Waals surface area contributed by atoms with Gasteiger partial charge in [-0.3, -0.25) is 4.98 Å². The monoisotopic (exact) mass is 262 g/mol. The Labute approximate surface area is 116 Å². The second-order valence-corrected chi connectivity index (χ2v) is 5.40. The molecule has 1 atom stereocenters. The zero-order chi connectivity index (χ0) is 13.5. The summed E-state index contributed by atoms with van der Waals surface area (Å²) in [6.07, 6.45) is 8.90. The fourth-order valence-corrected chi connectivity index (χ4v) is 2.54. The quantitative estimate of drug-likeness (QED) is 0.827. The molecule has 1 aromatic rings. The molecule has 0 radical (unpaired) electrons. The highest BCUT2D eigenvalue weighted by Gasteiger charge is 2.18. The first-order valence-electron chi connectivity index (χ1n) is 7.42. The van der Waals surface area contributed by atoms with Crippen molar-refractivity contribution in [3.8, 4) is 0 Å². The summed E-state index contributed by atoms with van der Waals surface area (Å²) in [6.45, 7) is 5.40. The number of nitrogens with one attached hydrogen (secondary N) is 2. The van der Waals surface area contributed by atoms with E-state index >= 15 is 0 Å². The van der Waals surface area contributed by atoms with Crippen molar-refractivity contribution in [3.63, 3.8) is 0 Å². The molecule has 1 aliphatic heterocycles. The number of rotatable bonds is 6. The summed E-state index contributed by atoms with van der Waals surface area (Å²) in [5.74, 6) is 0. The van der Waals surface area contributed by atoms with Gasteiger partial charge in [0.05, 0.1) is 23.8 Å². The molecule has 4 nitrogen and oxygen atoms in total. The minimum atomic E-state index is 0.654. The van der Waals surface area contributed by atoms with Gasteiger partial charge < -0.3 is 15.5 Å². The number of likely N-dealkylation sites (tertiary alicyclic amines) is 1. The molecule has 1 aliphatic rings. The van der Waals surface area contributed by atoms with Crippen molar-refractivity contribution >= 4 is 11.4 Å². The second-order valence-electron chi connectivity index (χ2n) is 5.40. The molecular weight excluding hydrogens is 236 g/mol. The van der Waals surface area contributed by atoms with Crippen molar-refractivity contribution in [2.75, 3.05) is 37.3 Å². The zero-order valence-electron chi connectivity index (χ0n) is 12.2. The van der Waals surface area contributed by atoms with E-state index in [4.69, 9.17) is 0 Å². The maximum Gasteiger partial charge on any atom is 0.0548 e. The molecule has 0 aromatic carbocycles. The molecule has 2 rings (SSSR count). The molecule has 0 spiro atoms. The molecule has 106 valence electrons. The number of likely N-dealkylation sites (N-methyl/N-ethyl adjacent to an activating group) is 1. The van der Waals surface area contributed by atoms with Crippen LogP contribution in [0.3, 0.4) is 0 Å². The Kier molecular flexibility index (Phi) is 5.45. The number of pyridine rings is 1. The number of aromatic nitrogens is 1. The predicted molar refractivity (Wildman–Crippen MR) is 81.8 cm³/mol. The predicted octanol–water partition coefficient (Wildman–Crippen LogP) is 2.80. The molecule has 0 saturated carbocycles. The average molecular weight is 262 g/mol. The Morgan fingerprint density at radius 1 is 1.26 bits per heavy atom. The molecule has 2 heterocycles. The van der Waals surface area contributed by atoms with Gasteiger partial charge in [-0.15, -0.1) is 0 Å². The molecule has 0 aliphatic carbocycles. The first kappa shape index (κ1) is 14.1. The molecule has 2 N–H and O–H groups in total. The number of piperidine rings is 1. The summed E-state index contributed by atoms with van der Waals surface area (Å²) in [4.78, 5) is 6.74. The van der Waals surface area contributed by atoms with Gasteiger partial charge in [0.25, 0.3) is 0 Å². The van der Waals surface area contributed by atoms with E-state index in [1.807, 2.05) is 12.4 Å². The van der Waals surface area contributed by atoms with E-state index in [-0.39, 0.29) is 0 Å². The SMILES string of the molecule is CCCNc1cncc(NCC2CCCCN2C)c1. The van der Waals surface area contributed by atoms with Crippen LogP contribution in [-0.2, 0) is 0 Å². The summed E-state index contributed by atoms with van der Waals surface area (Å²) in [7, 11) is 2.23. The largest absolute Gasteiger partial charge is 0.384 e. The number of hydrogen-bond acceptors (Lipinski definition) is 4. The minimum Gasteiger partial charge on any atom is -0.384 e. The average Bonchev–Trinajstić information content (AvgIpc) is 2.45. The van der Waals surface area contributed by atoms with Crippen molar-refractivity contribution in [2.24, 2.45) is 0 Å². The van der Waals surface area contributed by atoms with Gasteiger partial charge in [-0.1, -0.05) is 13.3 Å². The van der Waals surface area contributed by atoms with Crippen LogP contribution >= 0.6 is 0 Å². The highest BCUT2D eigenvalue weighted by Crippen LogP contribution is 2.17. The number of hydrogen-bond donors (Lipinski definition) is 2. The Bertz CT molecular complexity index is 380. The lowest BCUT2D eigenvalue weighted by atomic mass is 10.0. The van der Waals surface area contributed by atoms with Gasteiger partial charge >= 0.3 is 0 Å². The van der Waals surface area contributed by atoms with Crippen LogP contribution < -0.4 is 10.6 Å². The van der Waals surface area contributed by atoms with E-state index in [2.05, 4.69) is 40.6 Å². The summed E-state index contributed by atoms with van der Waals surface area (Å²) in [5, 5.41) is 6.89. The number of nitrogens with zero attached hydrogens (tertiary/aromatic N) is 2. The molecular formula is C15H26N4. The van der Waals surface area contributed by atoms with Crippen LogP contribution in [0.2, 0.25) is 0 Å². The smallest absolute Gasteiger partial charge is 0.0548 e. The maximum absolute atomic E-state index is 4.28. The maximum atomic E-state index is 4.28. The summed E-state index contributed by atoms with van der Waals surface area (Å²) < 4.78 is 0. The Balaban J connectivity index is 1.84. The van der Waals surface area contributed by atoms with Gasteiger partial charge in [0.15, 0.2) is 0 Å². The van der Waals surface area contributed by atoms with Crippen LogP contribution in [0.25, 0.3) is 0 Å². The fourth-order valence-electron chi connectivity index (χ4n) is 2.54. The van der Waals surface area contributed by atoms with E-state index in [9.17, 15) is 0 Å². The van der Waals surface area contributed by atoms with Crippen LogP contribution in [0.1, 0.15) is 32.6 Å². The van der Waals surface area contributed by atoms with E-state index in [1.165, 1.54) is 25.8 Å². The summed E-state index contributed by atoms with van der Waals surface area (Å²) in [6, 6.07) is 2.80. The van der Waals surface area contributed by atoms with Gasteiger partial charge in [0, 0.05) is 19.1 Å². The van der Waals surface area contributed by atoms with Crippen LogP contribution in [-0.4, -0.2) is 42.6 Å². The van der Waals surface area contributed by atoms with Gasteiger partial charge in [-0.25, -0.2) is 0 Å². The molecule has 19 heavy (non-hydrogen) atoms. The minimum absolute atomic E-state index is 0.654. The molecule has 4 heteroatoms. The van der Waals surface area contributed by atoms with Gasteiger partial charge in [0.2, 0.25) is 0 Å². The highest BCUT2D eigenvalue weighted by molar-refractivity contribution is 5.53. The first-order valence-corrected chi connectivity index (χ1v) is 7.42. The van der Waals surface area contributed by atoms with Crippen LogP contribution in [0.5, 0.6) is 0 Å². The summed E-state index contributed by atoms with van der Waals surface area (Å²) in [5.41, 5.74) is 2.21. The lowest BCUT2D eigenvalue weighted by molar-refractivity contribution is 0.194. The third kappa shape index (κ3) is 4.39. The third-order valence-electron chi connectivity index (χ3n) is 3.78. The van der Waals surface area contributed by atoms with Gasteiger partial charge in [-0.2, -0.15) is 0 Å². The van der Waals surface area contributed by atoms with Crippen molar-refractivity contribution < 1.29 is 0 Å². The van der Waals surface area contributed by atoms with E-state index in [0.29, 0.717) is 6.04 Å². The van der Waals surface area contributed by atoms with E-state index in [0.717, 1.165) is 30.9 Å². The topological polar surface area (TPSA) is 40.2 Å². The van der Waals surface area contributed by atoms with Crippen molar-refractivity contribution in [3.05, 3.63) is 18.5 Å². The normalized spacial score (nSPS) is 20.2. The van der Waals surface area contributed by atoms with Crippen LogP contribution in [0, 0.1) is 0 Å². The van der Waals surface area contributed by atoms with Crippen LogP contribution in [0.4, 0.5) is 11.4 Å². The number of anilines is 2.